The summed E-state index contributed by atoms with van der Waals surface area (Å²) in [5.41, 5.74) is 0. The van der Waals surface area contributed by atoms with Gasteiger partial charge < -0.3 is 36.2 Å². The van der Waals surface area contributed by atoms with Crippen LogP contribution >= 0.6 is 30.4 Å². The molecule has 0 rings (SSSR count). The van der Waals surface area contributed by atoms with Crippen LogP contribution in [-0.4, -0.2) is 66.1 Å². The van der Waals surface area contributed by atoms with E-state index in [1.807, 2.05) is 0 Å². The summed E-state index contributed by atoms with van der Waals surface area (Å²) in [5.74, 6) is 0. The minimum absolute atomic E-state index is 0.0662. The number of hydrogen-bond donors (Lipinski definition) is 0. The highest BCUT2D eigenvalue weighted by atomic mass is 31.2. The van der Waals surface area contributed by atoms with E-state index in [0.29, 0.717) is 0 Å². The SMILES string of the molecule is CC(C)OP(=O)(CCCC(CCCP(=O)(OC(C)C)OC(C)C)(P(=O)(OC(C)C)OC(C)C)P(=O)(OC(C)C)OC(C)C)OC(C)C. The van der Waals surface area contributed by atoms with Crippen molar-refractivity contribution in [2.24, 2.45) is 0 Å². The Kier molecular flexibility index (Phi) is 20.9. The smallest absolute Gasteiger partial charge is 0.306 e. The molecule has 0 saturated heterocycles. The van der Waals surface area contributed by atoms with E-state index in [1.54, 1.807) is 111 Å². The predicted molar refractivity (Wildman–Crippen MR) is 191 cm³/mol. The maximum atomic E-state index is 15.4. The second kappa shape index (κ2) is 20.6. The molecule has 47 heavy (non-hydrogen) atoms. The lowest BCUT2D eigenvalue weighted by atomic mass is 10.1. The lowest BCUT2D eigenvalue weighted by Gasteiger charge is -2.45. The molecule has 12 nitrogen and oxygen atoms in total. The predicted octanol–water partition coefficient (Wildman–Crippen LogP) is 11.4. The molecule has 0 radical (unpaired) electrons. The summed E-state index contributed by atoms with van der Waals surface area (Å²) in [6, 6.07) is 0. The van der Waals surface area contributed by atoms with Crippen molar-refractivity contribution in [2.75, 3.05) is 12.3 Å². The summed E-state index contributed by atoms with van der Waals surface area (Å²) in [7, 11) is -16.2. The molecular formula is C31H68O12P4. The Bertz CT molecular complexity index is 948. The highest BCUT2D eigenvalue weighted by Crippen LogP contribution is 2.82. The molecular weight excluding hydrogens is 688 g/mol. The second-order valence-corrected chi connectivity index (χ2v) is 23.2. The van der Waals surface area contributed by atoms with E-state index < -0.39 is 59.7 Å². The van der Waals surface area contributed by atoms with Crippen molar-refractivity contribution in [3.05, 3.63) is 0 Å². The zero-order chi connectivity index (χ0) is 37.0. The lowest BCUT2D eigenvalue weighted by Crippen LogP contribution is -2.37. The maximum absolute atomic E-state index is 15.4. The molecule has 0 unspecified atom stereocenters. The number of hydrogen-bond acceptors (Lipinski definition) is 12. The molecule has 0 bridgehead atoms. The normalized spacial score (nSPS) is 14.5. The average molecular weight is 757 g/mol. The van der Waals surface area contributed by atoms with E-state index in [-0.39, 0.29) is 62.4 Å². The van der Waals surface area contributed by atoms with Gasteiger partial charge in [-0.25, -0.2) is 0 Å². The third-order valence-corrected chi connectivity index (χ3v) is 17.8. The largest absolute Gasteiger partial charge is 0.349 e. The van der Waals surface area contributed by atoms with Crippen LogP contribution in [0.1, 0.15) is 136 Å². The molecule has 16 heteroatoms. The molecule has 0 amide bonds. The first kappa shape index (κ1) is 47.6. The van der Waals surface area contributed by atoms with E-state index in [2.05, 4.69) is 0 Å². The van der Waals surface area contributed by atoms with Crippen LogP contribution in [0, 0.1) is 0 Å². The van der Waals surface area contributed by atoms with Gasteiger partial charge in [-0.1, -0.05) is 0 Å². The molecule has 0 aromatic rings. The molecule has 0 aliphatic rings. The fourth-order valence-corrected chi connectivity index (χ4v) is 15.8. The molecule has 0 aromatic carbocycles. The first-order valence-electron chi connectivity index (χ1n) is 17.1. The molecule has 0 fully saturated rings. The molecule has 0 spiro atoms. The average Bonchev–Trinajstić information content (AvgIpc) is 2.78. The minimum Gasteiger partial charge on any atom is -0.306 e. The lowest BCUT2D eigenvalue weighted by molar-refractivity contribution is 0.103. The van der Waals surface area contributed by atoms with Gasteiger partial charge in [0.2, 0.25) is 0 Å². The van der Waals surface area contributed by atoms with Crippen molar-refractivity contribution in [3.8, 4) is 0 Å². The fourth-order valence-electron chi connectivity index (χ4n) is 5.03. The van der Waals surface area contributed by atoms with Crippen LogP contribution in [-0.2, 0) is 54.5 Å². The standard InChI is InChI=1S/C31H68O12P4/c1-23(2)36-44(32,37-24(3)4)21-17-19-31(46(34,40-27(9)10)41-28(11)12,47(35,42-29(13)14)43-30(15)16)20-18-22-45(33,38-25(5)6)39-26(7)8/h23-30H,17-22H2,1-16H3. The Labute approximate surface area is 286 Å². The quantitative estimate of drug-likeness (QED) is 0.0775. The Morgan fingerprint density at radius 2 is 0.553 bits per heavy atom. The zero-order valence-electron chi connectivity index (χ0n) is 32.0. The molecule has 284 valence electrons. The van der Waals surface area contributed by atoms with Crippen LogP contribution in [0.4, 0.5) is 0 Å². The van der Waals surface area contributed by atoms with Gasteiger partial charge in [0, 0.05) is 0 Å². The van der Waals surface area contributed by atoms with Crippen molar-refractivity contribution >= 4 is 30.4 Å². The zero-order valence-corrected chi connectivity index (χ0v) is 35.6. The molecule has 0 N–H and O–H groups in total. The molecule has 0 atom stereocenters. The van der Waals surface area contributed by atoms with Gasteiger partial charge in [-0.3, -0.25) is 18.3 Å². The number of rotatable bonds is 26. The Morgan fingerprint density at radius 3 is 0.723 bits per heavy atom. The van der Waals surface area contributed by atoms with E-state index in [1.165, 1.54) is 0 Å². The molecule has 0 saturated carbocycles. The third kappa shape index (κ3) is 16.7. The van der Waals surface area contributed by atoms with Gasteiger partial charge in [0.05, 0.1) is 61.2 Å². The van der Waals surface area contributed by atoms with Crippen LogP contribution in [0.5, 0.6) is 0 Å². The van der Waals surface area contributed by atoms with Crippen LogP contribution in [0.25, 0.3) is 0 Å². The van der Waals surface area contributed by atoms with E-state index in [9.17, 15) is 9.13 Å². The van der Waals surface area contributed by atoms with Gasteiger partial charge in [-0.2, -0.15) is 0 Å². The Hall–Kier alpha value is 0.600. The molecule has 0 heterocycles. The van der Waals surface area contributed by atoms with E-state index >= 15 is 9.13 Å². The first-order valence-corrected chi connectivity index (χ1v) is 23.6. The van der Waals surface area contributed by atoms with Gasteiger partial charge in [0.25, 0.3) is 0 Å². The van der Waals surface area contributed by atoms with E-state index in [4.69, 9.17) is 36.2 Å². The van der Waals surface area contributed by atoms with Crippen molar-refractivity contribution in [2.45, 2.75) is 190 Å². The molecule has 0 aromatic heterocycles. The van der Waals surface area contributed by atoms with Crippen LogP contribution < -0.4 is 0 Å². The summed E-state index contributed by atoms with van der Waals surface area (Å²) in [4.78, 5) is -1.91. The minimum atomic E-state index is -4.44. The molecule has 0 aliphatic heterocycles. The van der Waals surface area contributed by atoms with Gasteiger partial charge in [-0.05, 0) is 136 Å². The highest BCUT2D eigenvalue weighted by molar-refractivity contribution is 7.74. The fraction of sp³-hybridized carbons (Fsp3) is 1.00. The van der Waals surface area contributed by atoms with Gasteiger partial charge >= 0.3 is 30.4 Å². The van der Waals surface area contributed by atoms with Crippen molar-refractivity contribution < 1.29 is 54.5 Å². The van der Waals surface area contributed by atoms with Gasteiger partial charge in [0.1, 0.15) is 0 Å². The van der Waals surface area contributed by atoms with Crippen molar-refractivity contribution in [1.82, 2.24) is 0 Å². The summed E-state index contributed by atoms with van der Waals surface area (Å²) < 4.78 is 107. The van der Waals surface area contributed by atoms with Crippen LogP contribution in [0.2, 0.25) is 0 Å². The molecule has 0 aliphatic carbocycles. The summed E-state index contributed by atoms with van der Waals surface area (Å²) in [6.45, 7) is 27.8. The third-order valence-electron chi connectivity index (χ3n) is 5.92. The van der Waals surface area contributed by atoms with Crippen LogP contribution in [0.15, 0.2) is 0 Å². The Morgan fingerprint density at radius 1 is 0.362 bits per heavy atom. The summed E-state index contributed by atoms with van der Waals surface area (Å²) in [5, 5.41) is 0. The van der Waals surface area contributed by atoms with Crippen molar-refractivity contribution in [1.29, 1.82) is 0 Å². The maximum Gasteiger partial charge on any atom is 0.349 e. The van der Waals surface area contributed by atoms with Gasteiger partial charge in [0.15, 0.2) is 4.90 Å². The summed E-state index contributed by atoms with van der Waals surface area (Å²) in [6.07, 6.45) is -4.19. The summed E-state index contributed by atoms with van der Waals surface area (Å²) >= 11 is 0. The monoisotopic (exact) mass is 756 g/mol. The topological polar surface area (TPSA) is 142 Å². The second-order valence-electron chi connectivity index (χ2n) is 14.1. The van der Waals surface area contributed by atoms with E-state index in [0.717, 1.165) is 0 Å². The Balaban J connectivity index is 7.55. The van der Waals surface area contributed by atoms with Gasteiger partial charge in [-0.15, -0.1) is 0 Å². The van der Waals surface area contributed by atoms with Crippen molar-refractivity contribution in [3.63, 3.8) is 0 Å². The van der Waals surface area contributed by atoms with Crippen LogP contribution in [0.3, 0.4) is 0 Å². The first-order chi connectivity index (χ1) is 21.2. The highest BCUT2D eigenvalue weighted by Gasteiger charge is 2.65.